The van der Waals surface area contributed by atoms with Crippen molar-refractivity contribution in [1.82, 2.24) is 0 Å². The molecule has 2 aliphatic rings. The van der Waals surface area contributed by atoms with Crippen LogP contribution < -0.4 is 10.6 Å². The standard InChI is InChI=1S/C22H25P/c1-4-12-20(13-5-1)23(18-10-3-11-19-23,22-16-8-9-17-22)21-14-6-2-7-15-21/h1-2,4-8,12-17H,3,9-11,18-19H2. The van der Waals surface area contributed by atoms with E-state index in [9.17, 15) is 0 Å². The molecule has 0 bridgehead atoms. The zero-order valence-electron chi connectivity index (χ0n) is 13.7. The van der Waals surface area contributed by atoms with Crippen LogP contribution in [-0.4, -0.2) is 12.3 Å². The van der Waals surface area contributed by atoms with Crippen molar-refractivity contribution in [2.45, 2.75) is 25.7 Å². The SMILES string of the molecule is C1=CC(P2(c3ccccc3)(c3ccccc3)CCCCC2)=CC1. The van der Waals surface area contributed by atoms with E-state index in [0.29, 0.717) is 0 Å². The van der Waals surface area contributed by atoms with Crippen LogP contribution in [0.15, 0.2) is 84.2 Å². The van der Waals surface area contributed by atoms with Gasteiger partial charge < -0.3 is 0 Å². The molecule has 23 heavy (non-hydrogen) atoms. The van der Waals surface area contributed by atoms with Gasteiger partial charge in [0.1, 0.15) is 0 Å². The minimum absolute atomic E-state index is 1.10. The molecule has 4 rings (SSSR count). The molecule has 0 spiro atoms. The van der Waals surface area contributed by atoms with E-state index in [2.05, 4.69) is 78.9 Å². The van der Waals surface area contributed by atoms with Crippen LogP contribution in [0.1, 0.15) is 25.7 Å². The van der Waals surface area contributed by atoms with Gasteiger partial charge in [-0.1, -0.05) is 0 Å². The Labute approximate surface area is 139 Å². The second-order valence-electron chi connectivity index (χ2n) is 6.95. The number of benzene rings is 2. The molecule has 2 aromatic rings. The zero-order chi connectivity index (χ0) is 15.6. The summed E-state index contributed by atoms with van der Waals surface area (Å²) in [6, 6.07) is 22.9. The maximum atomic E-state index is 2.52. The van der Waals surface area contributed by atoms with E-state index >= 15 is 0 Å². The van der Waals surface area contributed by atoms with Crippen LogP contribution in [0, 0.1) is 0 Å². The van der Waals surface area contributed by atoms with E-state index in [4.69, 9.17) is 0 Å². The summed E-state index contributed by atoms with van der Waals surface area (Å²) in [5, 5.41) is 4.84. The Morgan fingerprint density at radius 3 is 1.70 bits per heavy atom. The van der Waals surface area contributed by atoms with E-state index in [1.165, 1.54) is 31.6 Å². The summed E-state index contributed by atoms with van der Waals surface area (Å²) < 4.78 is 0. The summed E-state index contributed by atoms with van der Waals surface area (Å²) in [6.07, 6.45) is 15.2. The molecule has 1 saturated heterocycles. The number of hydrogen-bond donors (Lipinski definition) is 0. The molecule has 0 N–H and O–H groups in total. The summed E-state index contributed by atoms with van der Waals surface area (Å²) in [4.78, 5) is 0. The molecule has 0 saturated carbocycles. The van der Waals surface area contributed by atoms with Gasteiger partial charge in [0, 0.05) is 0 Å². The first-order valence-electron chi connectivity index (χ1n) is 8.85. The fourth-order valence-corrected chi connectivity index (χ4v) is 12.2. The average Bonchev–Trinajstić information content (AvgIpc) is 3.20. The molecule has 118 valence electrons. The van der Waals surface area contributed by atoms with Crippen LogP contribution in [0.3, 0.4) is 0 Å². The van der Waals surface area contributed by atoms with Gasteiger partial charge in [-0.2, -0.15) is 0 Å². The van der Waals surface area contributed by atoms with Crippen molar-refractivity contribution in [3.8, 4) is 0 Å². The van der Waals surface area contributed by atoms with Crippen LogP contribution in [-0.2, 0) is 0 Å². The van der Waals surface area contributed by atoms with Gasteiger partial charge in [0.2, 0.25) is 0 Å². The summed E-state index contributed by atoms with van der Waals surface area (Å²) in [7, 11) is 0. The Morgan fingerprint density at radius 1 is 0.652 bits per heavy atom. The van der Waals surface area contributed by atoms with Crippen LogP contribution in [0.25, 0.3) is 0 Å². The van der Waals surface area contributed by atoms with E-state index in [1.807, 2.05) is 0 Å². The molecule has 0 aromatic heterocycles. The second kappa shape index (κ2) is 5.77. The van der Waals surface area contributed by atoms with Crippen molar-refractivity contribution in [3.05, 3.63) is 84.2 Å². The van der Waals surface area contributed by atoms with E-state index in [0.717, 1.165) is 6.42 Å². The summed E-state index contributed by atoms with van der Waals surface area (Å²) in [6.45, 7) is -2.28. The minimum atomic E-state index is -2.28. The molecule has 0 amide bonds. The maximum absolute atomic E-state index is 2.52. The number of hydrogen-bond acceptors (Lipinski definition) is 0. The van der Waals surface area contributed by atoms with Crippen LogP contribution in [0.5, 0.6) is 0 Å². The van der Waals surface area contributed by atoms with E-state index < -0.39 is 6.60 Å². The van der Waals surface area contributed by atoms with Gasteiger partial charge in [-0.15, -0.1) is 0 Å². The third kappa shape index (κ3) is 2.08. The molecule has 1 heteroatoms. The van der Waals surface area contributed by atoms with Gasteiger partial charge in [-0.05, 0) is 0 Å². The fraction of sp³-hybridized carbons (Fsp3) is 0.273. The first-order chi connectivity index (χ1) is 11.4. The first kappa shape index (κ1) is 14.9. The van der Waals surface area contributed by atoms with Gasteiger partial charge in [-0.25, -0.2) is 0 Å². The third-order valence-corrected chi connectivity index (χ3v) is 13.2. The average molecular weight is 320 g/mol. The summed E-state index contributed by atoms with van der Waals surface area (Å²) in [5.41, 5.74) is 0. The van der Waals surface area contributed by atoms with Crippen molar-refractivity contribution < 1.29 is 0 Å². The van der Waals surface area contributed by atoms with Crippen LogP contribution in [0.4, 0.5) is 0 Å². The Morgan fingerprint density at radius 2 is 1.22 bits per heavy atom. The Bertz CT molecular complexity index is 691. The fourth-order valence-electron chi connectivity index (χ4n) is 4.85. The molecule has 0 radical (unpaired) electrons. The Hall–Kier alpha value is -1.65. The third-order valence-electron chi connectivity index (χ3n) is 5.94. The molecule has 1 fully saturated rings. The molecular weight excluding hydrogens is 295 g/mol. The van der Waals surface area contributed by atoms with Crippen molar-refractivity contribution in [1.29, 1.82) is 0 Å². The zero-order valence-corrected chi connectivity index (χ0v) is 14.6. The number of allylic oxidation sites excluding steroid dienone is 4. The molecule has 0 unspecified atom stereocenters. The second-order valence-corrected chi connectivity index (χ2v) is 12.4. The van der Waals surface area contributed by atoms with E-state index in [1.54, 1.807) is 15.9 Å². The predicted octanol–water partition coefficient (Wildman–Crippen LogP) is 5.22. The van der Waals surface area contributed by atoms with Crippen LogP contribution in [0.2, 0.25) is 0 Å². The van der Waals surface area contributed by atoms with Gasteiger partial charge in [0.15, 0.2) is 0 Å². The molecular formula is C22H25P. The topological polar surface area (TPSA) is 0 Å². The molecule has 2 aromatic carbocycles. The quantitative estimate of drug-likeness (QED) is 0.680. The van der Waals surface area contributed by atoms with E-state index in [-0.39, 0.29) is 0 Å². The molecule has 1 aliphatic heterocycles. The molecule has 0 atom stereocenters. The molecule has 0 nitrogen and oxygen atoms in total. The van der Waals surface area contributed by atoms with Crippen molar-refractivity contribution in [2.24, 2.45) is 0 Å². The Kier molecular flexibility index (Phi) is 3.74. The summed E-state index contributed by atoms with van der Waals surface area (Å²) >= 11 is 0. The monoisotopic (exact) mass is 320 g/mol. The van der Waals surface area contributed by atoms with Crippen molar-refractivity contribution in [3.63, 3.8) is 0 Å². The summed E-state index contributed by atoms with van der Waals surface area (Å²) in [5.74, 6) is 0. The molecule has 1 heterocycles. The van der Waals surface area contributed by atoms with Crippen molar-refractivity contribution in [2.75, 3.05) is 12.3 Å². The first-order valence-corrected chi connectivity index (χ1v) is 11.5. The van der Waals surface area contributed by atoms with Gasteiger partial charge >= 0.3 is 139 Å². The van der Waals surface area contributed by atoms with Gasteiger partial charge in [-0.3, -0.25) is 0 Å². The molecule has 1 aliphatic carbocycles. The van der Waals surface area contributed by atoms with Crippen LogP contribution >= 0.6 is 6.60 Å². The van der Waals surface area contributed by atoms with Crippen molar-refractivity contribution >= 4 is 17.2 Å². The normalized spacial score (nSPS) is 23.7. The number of rotatable bonds is 3. The van der Waals surface area contributed by atoms with Gasteiger partial charge in [0.05, 0.1) is 0 Å². The Balaban J connectivity index is 2.08. The predicted molar refractivity (Wildman–Crippen MR) is 104 cm³/mol. The van der Waals surface area contributed by atoms with Gasteiger partial charge in [0.25, 0.3) is 0 Å².